The van der Waals surface area contributed by atoms with Crippen LogP contribution in [0, 0.1) is 0 Å². The quantitative estimate of drug-likeness (QED) is 0.806. The van der Waals surface area contributed by atoms with E-state index in [1.165, 1.54) is 11.3 Å². The van der Waals surface area contributed by atoms with Crippen molar-refractivity contribution in [1.82, 2.24) is 10.2 Å². The standard InChI is InChI=1S/C11H14N2O3S/c14-10(9-3-1-8-17-9)12-4-2-5-13-6-7-16-11(13)15/h1,3,8H,2,4-7H2,(H,12,14). The van der Waals surface area contributed by atoms with Crippen molar-refractivity contribution in [1.29, 1.82) is 0 Å². The molecule has 6 heteroatoms. The molecule has 0 spiro atoms. The first-order valence-electron chi connectivity index (χ1n) is 5.51. The summed E-state index contributed by atoms with van der Waals surface area (Å²) < 4.78 is 4.80. The monoisotopic (exact) mass is 254 g/mol. The number of hydrogen-bond acceptors (Lipinski definition) is 4. The van der Waals surface area contributed by atoms with Crippen molar-refractivity contribution < 1.29 is 14.3 Å². The van der Waals surface area contributed by atoms with E-state index in [4.69, 9.17) is 4.74 Å². The number of nitrogens with one attached hydrogen (secondary N) is 1. The number of nitrogens with zero attached hydrogens (tertiary/aromatic N) is 1. The van der Waals surface area contributed by atoms with Crippen LogP contribution in [-0.2, 0) is 4.74 Å². The molecule has 1 aromatic heterocycles. The summed E-state index contributed by atoms with van der Waals surface area (Å²) in [6, 6.07) is 3.64. The molecule has 0 atom stereocenters. The van der Waals surface area contributed by atoms with Gasteiger partial charge in [-0.1, -0.05) is 6.07 Å². The van der Waals surface area contributed by atoms with Gasteiger partial charge in [-0.05, 0) is 17.9 Å². The molecule has 0 aliphatic carbocycles. The third-order valence-corrected chi connectivity index (χ3v) is 3.35. The number of amides is 2. The summed E-state index contributed by atoms with van der Waals surface area (Å²) >= 11 is 1.42. The Bertz CT molecular complexity index is 391. The van der Waals surface area contributed by atoms with E-state index in [9.17, 15) is 9.59 Å². The number of carbonyl (C=O) groups excluding carboxylic acids is 2. The van der Waals surface area contributed by atoms with Gasteiger partial charge in [0, 0.05) is 13.1 Å². The Morgan fingerprint density at radius 3 is 3.12 bits per heavy atom. The summed E-state index contributed by atoms with van der Waals surface area (Å²) in [6.07, 6.45) is 0.487. The average molecular weight is 254 g/mol. The highest BCUT2D eigenvalue weighted by molar-refractivity contribution is 7.12. The van der Waals surface area contributed by atoms with Gasteiger partial charge in [-0.2, -0.15) is 0 Å². The molecule has 0 unspecified atom stereocenters. The third kappa shape index (κ3) is 3.20. The van der Waals surface area contributed by atoms with Crippen LogP contribution in [0.25, 0.3) is 0 Å². The lowest BCUT2D eigenvalue weighted by atomic mass is 10.3. The summed E-state index contributed by atoms with van der Waals surface area (Å²) in [6.45, 7) is 2.32. The Hall–Kier alpha value is -1.56. The number of thiophene rings is 1. The van der Waals surface area contributed by atoms with Crippen LogP contribution in [0.15, 0.2) is 17.5 Å². The van der Waals surface area contributed by atoms with Crippen molar-refractivity contribution in [2.75, 3.05) is 26.2 Å². The van der Waals surface area contributed by atoms with Gasteiger partial charge in [-0.25, -0.2) is 4.79 Å². The van der Waals surface area contributed by atoms with Gasteiger partial charge in [0.05, 0.1) is 11.4 Å². The zero-order valence-electron chi connectivity index (χ0n) is 9.35. The number of cyclic esters (lactones) is 1. The number of carbonyl (C=O) groups is 2. The molecule has 0 radical (unpaired) electrons. The number of rotatable bonds is 5. The molecule has 1 fully saturated rings. The van der Waals surface area contributed by atoms with Crippen LogP contribution in [0.5, 0.6) is 0 Å². The first-order chi connectivity index (χ1) is 8.27. The molecule has 2 heterocycles. The minimum atomic E-state index is -0.255. The van der Waals surface area contributed by atoms with Crippen LogP contribution in [-0.4, -0.2) is 43.1 Å². The van der Waals surface area contributed by atoms with Crippen molar-refractivity contribution >= 4 is 23.3 Å². The van der Waals surface area contributed by atoms with Crippen molar-refractivity contribution in [2.45, 2.75) is 6.42 Å². The molecular formula is C11H14N2O3S. The molecule has 1 saturated heterocycles. The summed E-state index contributed by atoms with van der Waals surface area (Å²) in [7, 11) is 0. The van der Waals surface area contributed by atoms with E-state index in [1.54, 1.807) is 11.0 Å². The first-order valence-corrected chi connectivity index (χ1v) is 6.39. The van der Waals surface area contributed by atoms with Gasteiger partial charge in [0.1, 0.15) is 6.61 Å². The second kappa shape index (κ2) is 5.67. The number of hydrogen-bond donors (Lipinski definition) is 1. The minimum absolute atomic E-state index is 0.0519. The number of ether oxygens (including phenoxy) is 1. The molecule has 2 rings (SSSR count). The van der Waals surface area contributed by atoms with E-state index in [0.29, 0.717) is 31.1 Å². The Morgan fingerprint density at radius 2 is 2.47 bits per heavy atom. The molecule has 0 saturated carbocycles. The van der Waals surface area contributed by atoms with Crippen molar-refractivity contribution in [3.05, 3.63) is 22.4 Å². The van der Waals surface area contributed by atoms with Crippen molar-refractivity contribution in [2.24, 2.45) is 0 Å². The summed E-state index contributed by atoms with van der Waals surface area (Å²) in [5.41, 5.74) is 0. The zero-order chi connectivity index (χ0) is 12.1. The molecule has 2 amide bonds. The fraction of sp³-hybridized carbons (Fsp3) is 0.455. The van der Waals surface area contributed by atoms with E-state index in [2.05, 4.69) is 5.32 Å². The topological polar surface area (TPSA) is 58.6 Å². The van der Waals surface area contributed by atoms with Crippen molar-refractivity contribution in [3.63, 3.8) is 0 Å². The summed E-state index contributed by atoms with van der Waals surface area (Å²) in [5.74, 6) is -0.0519. The maximum atomic E-state index is 11.6. The normalized spacial score (nSPS) is 14.8. The fourth-order valence-electron chi connectivity index (χ4n) is 1.60. The van der Waals surface area contributed by atoms with Crippen LogP contribution in [0.2, 0.25) is 0 Å². The predicted molar refractivity (Wildman–Crippen MR) is 64.2 cm³/mol. The van der Waals surface area contributed by atoms with Crippen LogP contribution < -0.4 is 5.32 Å². The van der Waals surface area contributed by atoms with Crippen LogP contribution in [0.3, 0.4) is 0 Å². The Kier molecular flexibility index (Phi) is 3.98. The maximum absolute atomic E-state index is 11.6. The van der Waals surface area contributed by atoms with E-state index >= 15 is 0 Å². The van der Waals surface area contributed by atoms with E-state index in [1.807, 2.05) is 11.4 Å². The SMILES string of the molecule is O=C(NCCCN1CCOC1=O)c1cccs1. The molecule has 0 bridgehead atoms. The Balaban J connectivity index is 1.63. The third-order valence-electron chi connectivity index (χ3n) is 2.48. The highest BCUT2D eigenvalue weighted by atomic mass is 32.1. The molecule has 5 nitrogen and oxygen atoms in total. The van der Waals surface area contributed by atoms with Gasteiger partial charge >= 0.3 is 6.09 Å². The highest BCUT2D eigenvalue weighted by Gasteiger charge is 2.20. The summed E-state index contributed by atoms with van der Waals surface area (Å²) in [4.78, 5) is 25.0. The molecular weight excluding hydrogens is 240 g/mol. The van der Waals surface area contributed by atoms with Crippen LogP contribution in [0.1, 0.15) is 16.1 Å². The fourth-order valence-corrected chi connectivity index (χ4v) is 2.24. The lowest BCUT2D eigenvalue weighted by Gasteiger charge is -2.12. The average Bonchev–Trinajstić information content (AvgIpc) is 2.96. The Labute approximate surface area is 103 Å². The van der Waals surface area contributed by atoms with E-state index in [-0.39, 0.29) is 12.0 Å². The zero-order valence-corrected chi connectivity index (χ0v) is 10.2. The van der Waals surface area contributed by atoms with Gasteiger partial charge in [-0.3, -0.25) is 4.79 Å². The molecule has 17 heavy (non-hydrogen) atoms. The van der Waals surface area contributed by atoms with Crippen molar-refractivity contribution in [3.8, 4) is 0 Å². The van der Waals surface area contributed by atoms with Crippen LogP contribution >= 0.6 is 11.3 Å². The second-order valence-electron chi connectivity index (χ2n) is 3.69. The molecule has 1 N–H and O–H groups in total. The first kappa shape index (κ1) is 11.9. The van der Waals surface area contributed by atoms with Gasteiger partial charge in [0.15, 0.2) is 0 Å². The largest absolute Gasteiger partial charge is 0.448 e. The second-order valence-corrected chi connectivity index (χ2v) is 4.64. The highest BCUT2D eigenvalue weighted by Crippen LogP contribution is 2.07. The van der Waals surface area contributed by atoms with Gasteiger partial charge in [0.2, 0.25) is 0 Å². The molecule has 1 aromatic rings. The summed E-state index contributed by atoms with van der Waals surface area (Å²) in [5, 5.41) is 4.69. The predicted octanol–water partition coefficient (Wildman–Crippen LogP) is 1.32. The molecule has 1 aliphatic rings. The maximum Gasteiger partial charge on any atom is 0.409 e. The van der Waals surface area contributed by atoms with Gasteiger partial charge in [-0.15, -0.1) is 11.3 Å². The van der Waals surface area contributed by atoms with Gasteiger partial charge in [0.25, 0.3) is 5.91 Å². The molecule has 1 aliphatic heterocycles. The van der Waals surface area contributed by atoms with Gasteiger partial charge < -0.3 is 15.0 Å². The smallest absolute Gasteiger partial charge is 0.409 e. The minimum Gasteiger partial charge on any atom is -0.448 e. The van der Waals surface area contributed by atoms with Crippen LogP contribution in [0.4, 0.5) is 4.79 Å². The van der Waals surface area contributed by atoms with E-state index < -0.39 is 0 Å². The lowest BCUT2D eigenvalue weighted by molar-refractivity contribution is 0.0956. The lowest BCUT2D eigenvalue weighted by Crippen LogP contribution is -2.30. The Morgan fingerprint density at radius 1 is 1.59 bits per heavy atom. The molecule has 92 valence electrons. The molecule has 0 aromatic carbocycles. The van der Waals surface area contributed by atoms with E-state index in [0.717, 1.165) is 6.42 Å².